The lowest BCUT2D eigenvalue weighted by atomic mass is 9.92. The number of esters is 2. The molecule has 1 aliphatic carbocycles. The molecule has 0 bridgehead atoms. The fourth-order valence-electron chi connectivity index (χ4n) is 2.69. The number of nitrogens with zero attached hydrogens (tertiary/aromatic N) is 2. The Labute approximate surface area is 158 Å². The average molecular weight is 378 g/mol. The molecule has 0 heterocycles. The maximum Gasteiger partial charge on any atom is 0.340 e. The molecule has 1 saturated carbocycles. The van der Waals surface area contributed by atoms with E-state index < -0.39 is 23.9 Å². The number of carbonyl (C=O) groups is 2. The van der Waals surface area contributed by atoms with Gasteiger partial charge >= 0.3 is 11.9 Å². The van der Waals surface area contributed by atoms with Crippen molar-refractivity contribution < 1.29 is 19.1 Å². The number of benzene rings is 1. The molecule has 1 atom stereocenters. The Hall–Kier alpha value is -2.64. The van der Waals surface area contributed by atoms with Crippen LogP contribution in [0.5, 0.6) is 0 Å². The van der Waals surface area contributed by atoms with E-state index in [0.717, 1.165) is 25.7 Å². The van der Waals surface area contributed by atoms with E-state index in [1.54, 1.807) is 24.3 Å². The minimum absolute atomic E-state index is 0.459. The van der Waals surface area contributed by atoms with Crippen molar-refractivity contribution in [3.8, 4) is 0 Å². The highest BCUT2D eigenvalue weighted by molar-refractivity contribution is 5.89. The number of hydrogen-bond acceptors (Lipinski definition) is 8. The van der Waals surface area contributed by atoms with Gasteiger partial charge in [-0.15, -0.1) is 9.81 Å². The number of ether oxygens (including phenoxy) is 2. The summed E-state index contributed by atoms with van der Waals surface area (Å²) in [7, 11) is 0. The molecule has 1 unspecified atom stereocenters. The van der Waals surface area contributed by atoms with Crippen LogP contribution in [-0.2, 0) is 14.3 Å². The molecular formula is C19H26N2O6. The molecule has 0 aromatic heterocycles. The van der Waals surface area contributed by atoms with Gasteiger partial charge in [-0.25, -0.2) is 4.79 Å². The maximum absolute atomic E-state index is 11.9. The van der Waals surface area contributed by atoms with Gasteiger partial charge in [0, 0.05) is 26.2 Å². The minimum atomic E-state index is -1.13. The Balaban J connectivity index is 0.000000314. The van der Waals surface area contributed by atoms with Gasteiger partial charge in [0.25, 0.3) is 0 Å². The summed E-state index contributed by atoms with van der Waals surface area (Å²) < 4.78 is 9.82. The van der Waals surface area contributed by atoms with Crippen LogP contribution in [0, 0.1) is 9.81 Å². The second-order valence-corrected chi connectivity index (χ2v) is 6.31. The van der Waals surface area contributed by atoms with Gasteiger partial charge in [-0.2, -0.15) is 0 Å². The first kappa shape index (κ1) is 22.4. The van der Waals surface area contributed by atoms with Gasteiger partial charge < -0.3 is 9.47 Å². The van der Waals surface area contributed by atoms with Crippen molar-refractivity contribution in [3.63, 3.8) is 0 Å². The molecule has 0 amide bonds. The van der Waals surface area contributed by atoms with Crippen molar-refractivity contribution in [2.75, 3.05) is 0 Å². The van der Waals surface area contributed by atoms with E-state index in [9.17, 15) is 19.4 Å². The second-order valence-electron chi connectivity index (χ2n) is 6.31. The molecule has 1 aromatic rings. The van der Waals surface area contributed by atoms with E-state index in [1.165, 1.54) is 6.92 Å². The fraction of sp³-hybridized carbons (Fsp3) is 0.579. The Morgan fingerprint density at radius 1 is 1.11 bits per heavy atom. The molecular weight excluding hydrogens is 352 g/mol. The lowest BCUT2D eigenvalue weighted by Gasteiger charge is -2.29. The quantitative estimate of drug-likeness (QED) is 0.501. The Kier molecular flexibility index (Phi) is 9.85. The molecule has 148 valence electrons. The summed E-state index contributed by atoms with van der Waals surface area (Å²) in [5, 5.41) is 5.68. The smallest absolute Gasteiger partial charge is 0.340 e. The van der Waals surface area contributed by atoms with Crippen molar-refractivity contribution in [2.45, 2.75) is 70.7 Å². The highest BCUT2D eigenvalue weighted by Gasteiger charge is 2.37. The molecule has 2 rings (SSSR count). The minimum Gasteiger partial charge on any atom is -0.436 e. The molecule has 1 fully saturated rings. The zero-order valence-corrected chi connectivity index (χ0v) is 15.8. The standard InChI is InChI=1S/C13H15NO3.C6H11NO3/c15-12(11-7-3-1-4-8-11)17-13(14-16)9-5-2-6-10-13;1-3-4-6(7-9)10-5(2)8/h1,3-4,7-8H,2,5-6,9-10H2;6H,3-4H2,1-2H3. The van der Waals surface area contributed by atoms with Gasteiger partial charge in [0.2, 0.25) is 12.0 Å². The van der Waals surface area contributed by atoms with Gasteiger partial charge in [-0.3, -0.25) is 4.79 Å². The van der Waals surface area contributed by atoms with Crippen LogP contribution in [0.25, 0.3) is 0 Å². The maximum atomic E-state index is 11.9. The lowest BCUT2D eigenvalue weighted by molar-refractivity contribution is -0.146. The van der Waals surface area contributed by atoms with Crippen LogP contribution in [0.15, 0.2) is 40.7 Å². The van der Waals surface area contributed by atoms with Crippen LogP contribution >= 0.6 is 0 Å². The van der Waals surface area contributed by atoms with Crippen LogP contribution in [0.1, 0.15) is 69.2 Å². The molecule has 0 N–H and O–H groups in total. The van der Waals surface area contributed by atoms with Crippen molar-refractivity contribution in [2.24, 2.45) is 10.4 Å². The van der Waals surface area contributed by atoms with Gasteiger partial charge in [-0.05, 0) is 35.3 Å². The molecule has 0 radical (unpaired) electrons. The van der Waals surface area contributed by atoms with E-state index in [1.807, 2.05) is 13.0 Å². The van der Waals surface area contributed by atoms with Crippen LogP contribution in [0.2, 0.25) is 0 Å². The van der Waals surface area contributed by atoms with Crippen molar-refractivity contribution in [1.29, 1.82) is 0 Å². The highest BCUT2D eigenvalue weighted by atomic mass is 16.6. The molecule has 8 heteroatoms. The largest absolute Gasteiger partial charge is 0.436 e. The first-order chi connectivity index (χ1) is 13.0. The summed E-state index contributed by atoms with van der Waals surface area (Å²) in [6.45, 7) is 3.15. The fourth-order valence-corrected chi connectivity index (χ4v) is 2.69. The van der Waals surface area contributed by atoms with Crippen molar-refractivity contribution in [3.05, 3.63) is 45.7 Å². The highest BCUT2D eigenvalue weighted by Crippen LogP contribution is 2.33. The zero-order chi connectivity index (χ0) is 20.1. The molecule has 27 heavy (non-hydrogen) atoms. The van der Waals surface area contributed by atoms with Crippen LogP contribution in [0.3, 0.4) is 0 Å². The van der Waals surface area contributed by atoms with Gasteiger partial charge in [0.05, 0.1) is 5.56 Å². The number of rotatable bonds is 7. The van der Waals surface area contributed by atoms with Crippen LogP contribution < -0.4 is 0 Å². The Morgan fingerprint density at radius 2 is 1.74 bits per heavy atom. The third-order valence-electron chi connectivity index (χ3n) is 4.05. The number of nitroso groups, excluding NO2 is 2. The number of hydrogen-bond donors (Lipinski definition) is 0. The normalized spacial score (nSPS) is 16.1. The van der Waals surface area contributed by atoms with E-state index in [4.69, 9.17) is 4.74 Å². The van der Waals surface area contributed by atoms with Crippen molar-refractivity contribution >= 4 is 11.9 Å². The summed E-state index contributed by atoms with van der Waals surface area (Å²) in [4.78, 5) is 42.9. The summed E-state index contributed by atoms with van der Waals surface area (Å²) in [6, 6.07) is 8.69. The van der Waals surface area contributed by atoms with E-state index in [-0.39, 0.29) is 0 Å². The van der Waals surface area contributed by atoms with Crippen LogP contribution in [0.4, 0.5) is 0 Å². The molecule has 0 saturated heterocycles. The average Bonchev–Trinajstić information content (AvgIpc) is 2.69. The topological polar surface area (TPSA) is 111 Å². The SMILES string of the molecule is CCCC(N=O)OC(C)=O.O=NC1(OC(=O)c2ccccc2)CCCCC1. The summed E-state index contributed by atoms with van der Waals surface area (Å²) in [5.74, 6) is -0.926. The summed E-state index contributed by atoms with van der Waals surface area (Å²) >= 11 is 0. The molecule has 1 aliphatic rings. The van der Waals surface area contributed by atoms with Crippen molar-refractivity contribution in [1.82, 2.24) is 0 Å². The summed E-state index contributed by atoms with van der Waals surface area (Å²) in [6.07, 6.45) is 4.40. The Morgan fingerprint density at radius 3 is 2.22 bits per heavy atom. The zero-order valence-electron chi connectivity index (χ0n) is 15.8. The molecule has 0 aliphatic heterocycles. The van der Waals surface area contributed by atoms with Gasteiger partial charge in [0.15, 0.2) is 0 Å². The Bertz CT molecular complexity index is 614. The number of carbonyl (C=O) groups excluding carboxylic acids is 2. The third kappa shape index (κ3) is 8.06. The van der Waals surface area contributed by atoms with E-state index in [2.05, 4.69) is 15.1 Å². The predicted octanol–water partition coefficient (Wildman–Crippen LogP) is 4.71. The van der Waals surface area contributed by atoms with Gasteiger partial charge in [-0.1, -0.05) is 38.0 Å². The molecule has 0 spiro atoms. The first-order valence-corrected chi connectivity index (χ1v) is 9.09. The van der Waals surface area contributed by atoms with E-state index >= 15 is 0 Å². The van der Waals surface area contributed by atoms with Crippen LogP contribution in [-0.4, -0.2) is 23.9 Å². The lowest BCUT2D eigenvalue weighted by Crippen LogP contribution is -2.34. The monoisotopic (exact) mass is 378 g/mol. The molecule has 8 nitrogen and oxygen atoms in total. The third-order valence-corrected chi connectivity index (χ3v) is 4.05. The van der Waals surface area contributed by atoms with Gasteiger partial charge in [0.1, 0.15) is 0 Å². The summed E-state index contributed by atoms with van der Waals surface area (Å²) in [5.41, 5.74) is -0.674. The van der Waals surface area contributed by atoms with E-state index in [0.29, 0.717) is 24.8 Å². The first-order valence-electron chi connectivity index (χ1n) is 9.09. The second kappa shape index (κ2) is 11.9. The molecule has 1 aromatic carbocycles. The predicted molar refractivity (Wildman–Crippen MR) is 99.7 cm³/mol.